The molecule has 0 aromatic heterocycles. The summed E-state index contributed by atoms with van der Waals surface area (Å²) in [6.07, 6.45) is 0.176. The van der Waals surface area contributed by atoms with Gasteiger partial charge in [0.05, 0.1) is 0 Å². The van der Waals surface area contributed by atoms with Crippen LogP contribution in [0.25, 0.3) is 0 Å². The van der Waals surface area contributed by atoms with Crippen molar-refractivity contribution < 1.29 is 28.6 Å². The molecule has 116 valence electrons. The van der Waals surface area contributed by atoms with Crippen molar-refractivity contribution in [3.8, 4) is 0 Å². The molecule has 0 aromatic rings. The predicted molar refractivity (Wildman–Crippen MR) is 78.4 cm³/mol. The average molecular weight is 318 g/mol. The fraction of sp³-hybridized carbons (Fsp3) is 1.00. The molecule has 0 unspecified atom stereocenters. The molecule has 0 aliphatic carbocycles. The Labute approximate surface area is 116 Å². The van der Waals surface area contributed by atoms with E-state index in [1.165, 1.54) is 0 Å². The highest BCUT2D eigenvalue weighted by atomic mass is 31.2. The molecule has 0 heterocycles. The molecular formula is C11H28O6P2+2. The summed E-state index contributed by atoms with van der Waals surface area (Å²) < 4.78 is 9.73. The summed E-state index contributed by atoms with van der Waals surface area (Å²) in [7, 11) is -7.06. The highest BCUT2D eigenvalue weighted by Crippen LogP contribution is 2.58. The fourth-order valence-corrected chi connectivity index (χ4v) is 4.70. The summed E-state index contributed by atoms with van der Waals surface area (Å²) in [6, 6.07) is 0. The van der Waals surface area contributed by atoms with Gasteiger partial charge in [-0.1, -0.05) is 41.5 Å². The van der Waals surface area contributed by atoms with Gasteiger partial charge in [-0.3, -0.25) is 0 Å². The zero-order valence-corrected chi connectivity index (χ0v) is 14.4. The second-order valence-electron chi connectivity index (χ2n) is 7.14. The Morgan fingerprint density at radius 1 is 0.684 bits per heavy atom. The third-order valence-electron chi connectivity index (χ3n) is 1.88. The van der Waals surface area contributed by atoms with Crippen LogP contribution < -0.4 is 0 Å². The summed E-state index contributed by atoms with van der Waals surface area (Å²) in [6.45, 7) is 10.6. The van der Waals surface area contributed by atoms with Crippen LogP contribution in [0.2, 0.25) is 0 Å². The molecule has 0 aliphatic heterocycles. The van der Waals surface area contributed by atoms with Crippen molar-refractivity contribution >= 4 is 15.9 Å². The topological polar surface area (TPSA) is 99.4 Å². The van der Waals surface area contributed by atoms with E-state index in [2.05, 4.69) is 0 Å². The normalized spacial score (nSPS) is 14.8. The van der Waals surface area contributed by atoms with E-state index >= 15 is 0 Å². The van der Waals surface area contributed by atoms with Crippen molar-refractivity contribution in [2.24, 2.45) is 10.8 Å². The Morgan fingerprint density at radius 3 is 1.16 bits per heavy atom. The van der Waals surface area contributed by atoms with Gasteiger partial charge in [0.1, 0.15) is 12.3 Å². The van der Waals surface area contributed by atoms with Gasteiger partial charge in [0.25, 0.3) is 0 Å². The van der Waals surface area contributed by atoms with Crippen molar-refractivity contribution in [3.05, 3.63) is 0 Å². The predicted octanol–water partition coefficient (Wildman–Crippen LogP) is 2.56. The average Bonchev–Trinajstić information content (AvgIpc) is 1.90. The van der Waals surface area contributed by atoms with Gasteiger partial charge in [-0.05, 0) is 0 Å². The Morgan fingerprint density at radius 2 is 0.947 bits per heavy atom. The largest absolute Gasteiger partial charge is 0.409 e. The molecule has 4 N–H and O–H groups in total. The van der Waals surface area contributed by atoms with Gasteiger partial charge < -0.3 is 0 Å². The lowest BCUT2D eigenvalue weighted by molar-refractivity contribution is 0.0694. The van der Waals surface area contributed by atoms with Crippen LogP contribution in [0.4, 0.5) is 0 Å². The highest BCUT2D eigenvalue weighted by Gasteiger charge is 2.45. The molecule has 19 heavy (non-hydrogen) atoms. The third-order valence-corrected chi connectivity index (χ3v) is 5.64. The van der Waals surface area contributed by atoms with Gasteiger partial charge in [0, 0.05) is 10.8 Å². The maximum atomic E-state index is 9.69. The lowest BCUT2D eigenvalue weighted by atomic mass is 10.0. The van der Waals surface area contributed by atoms with E-state index in [1.54, 1.807) is 0 Å². The molecule has 0 fully saturated rings. The van der Waals surface area contributed by atoms with Crippen LogP contribution in [0.5, 0.6) is 0 Å². The van der Waals surface area contributed by atoms with E-state index in [0.29, 0.717) is 0 Å². The van der Waals surface area contributed by atoms with Crippen LogP contribution in [-0.2, 0) is 9.05 Å². The van der Waals surface area contributed by atoms with E-state index < -0.39 is 22.7 Å². The summed E-state index contributed by atoms with van der Waals surface area (Å²) >= 11 is 0. The lowest BCUT2D eigenvalue weighted by Crippen LogP contribution is -2.19. The van der Waals surface area contributed by atoms with Crippen LogP contribution in [0, 0.1) is 10.8 Å². The second kappa shape index (κ2) is 6.59. The molecular weight excluding hydrogens is 290 g/mol. The smallest absolute Gasteiger partial charge is 0.193 e. The van der Waals surface area contributed by atoms with Crippen LogP contribution in [-0.4, -0.2) is 38.7 Å². The zero-order chi connectivity index (χ0) is 15.5. The molecule has 6 nitrogen and oxygen atoms in total. The first kappa shape index (κ1) is 19.6. The van der Waals surface area contributed by atoms with Crippen LogP contribution >= 0.6 is 15.9 Å². The number of rotatable bonds is 6. The zero-order valence-electron chi connectivity index (χ0n) is 12.6. The first-order valence-corrected chi connectivity index (χ1v) is 9.68. The molecule has 0 rings (SSSR count). The van der Waals surface area contributed by atoms with Gasteiger partial charge in [-0.2, -0.15) is 19.6 Å². The van der Waals surface area contributed by atoms with Gasteiger partial charge in [0.15, 0.2) is 0 Å². The Bertz CT molecular complexity index is 252. The fourth-order valence-electron chi connectivity index (χ4n) is 1.52. The molecule has 0 atom stereocenters. The van der Waals surface area contributed by atoms with Gasteiger partial charge in [-0.15, -0.1) is 9.05 Å². The van der Waals surface area contributed by atoms with E-state index in [4.69, 9.17) is 9.05 Å². The summed E-state index contributed by atoms with van der Waals surface area (Å²) in [5, 5.41) is 0. The maximum Gasteiger partial charge on any atom is 0.409 e. The first-order chi connectivity index (χ1) is 8.12. The van der Waals surface area contributed by atoms with E-state index in [1.807, 2.05) is 41.5 Å². The Balaban J connectivity index is 4.21. The summed E-state index contributed by atoms with van der Waals surface area (Å²) in [4.78, 5) is 38.8. The minimum absolute atomic E-state index is 0.0882. The van der Waals surface area contributed by atoms with Crippen molar-refractivity contribution in [3.63, 3.8) is 0 Å². The van der Waals surface area contributed by atoms with E-state index in [9.17, 15) is 19.6 Å². The van der Waals surface area contributed by atoms with Crippen molar-refractivity contribution in [2.75, 3.05) is 19.1 Å². The molecule has 0 radical (unpaired) electrons. The summed E-state index contributed by atoms with van der Waals surface area (Å²) in [5.74, 6) is 0. The maximum absolute atomic E-state index is 9.69. The van der Waals surface area contributed by atoms with Crippen molar-refractivity contribution in [1.29, 1.82) is 0 Å². The summed E-state index contributed by atoms with van der Waals surface area (Å²) in [5.41, 5.74) is -0.597. The highest BCUT2D eigenvalue weighted by molar-refractivity contribution is 7.60. The standard InChI is InChI=1S/C11H28O6P2/c1-10(2,3)7-18(12,13)16-9-17-19(14,15)8-11(4,5)6/h12-15H,7-9H2,1-6H3/q+2. The first-order valence-electron chi connectivity index (χ1n) is 6.08. The minimum atomic E-state index is -3.53. The number of hydrogen-bond acceptors (Lipinski definition) is 6. The van der Waals surface area contributed by atoms with Gasteiger partial charge >= 0.3 is 15.9 Å². The van der Waals surface area contributed by atoms with E-state index in [0.717, 1.165) is 0 Å². The molecule has 8 heteroatoms. The number of hydrogen-bond donors (Lipinski definition) is 4. The van der Waals surface area contributed by atoms with Crippen molar-refractivity contribution in [1.82, 2.24) is 0 Å². The van der Waals surface area contributed by atoms with Crippen LogP contribution in [0.15, 0.2) is 0 Å². The molecule has 0 bridgehead atoms. The van der Waals surface area contributed by atoms with Gasteiger partial charge in [-0.25, -0.2) is 0 Å². The third kappa shape index (κ3) is 12.1. The van der Waals surface area contributed by atoms with Crippen molar-refractivity contribution in [2.45, 2.75) is 41.5 Å². The van der Waals surface area contributed by atoms with E-state index in [-0.39, 0.29) is 23.2 Å². The molecule has 0 saturated heterocycles. The molecule has 0 saturated carbocycles. The second-order valence-corrected chi connectivity index (χ2v) is 11.0. The Hall–Kier alpha value is 0.620. The van der Waals surface area contributed by atoms with Gasteiger partial charge in [0.2, 0.25) is 6.79 Å². The molecule has 0 spiro atoms. The SMILES string of the molecule is CC(C)(C)C[P+](O)(O)OCO[P+](O)(O)CC(C)(C)C. The van der Waals surface area contributed by atoms with Crippen LogP contribution in [0.3, 0.4) is 0 Å². The van der Waals surface area contributed by atoms with Crippen LogP contribution in [0.1, 0.15) is 41.5 Å². The quantitative estimate of drug-likeness (QED) is 0.444. The lowest BCUT2D eigenvalue weighted by Gasteiger charge is -2.22. The molecule has 0 aromatic carbocycles. The monoisotopic (exact) mass is 318 g/mol. The molecule has 0 aliphatic rings. The Kier molecular flexibility index (Phi) is 6.80. The minimum Gasteiger partial charge on any atom is -0.193 e. The molecule has 0 amide bonds.